The second-order valence-electron chi connectivity index (χ2n) is 2.78. The van der Waals surface area contributed by atoms with Crippen molar-refractivity contribution < 1.29 is 14.3 Å². The maximum Gasteiger partial charge on any atom is 0.259 e. The van der Waals surface area contributed by atoms with Crippen LogP contribution in [0.3, 0.4) is 0 Å². The van der Waals surface area contributed by atoms with Crippen LogP contribution < -0.4 is 0 Å². The minimum atomic E-state index is -1.39. The van der Waals surface area contributed by atoms with Gasteiger partial charge in [-0.05, 0) is 28.8 Å². The molecule has 15 heavy (non-hydrogen) atoms. The van der Waals surface area contributed by atoms with E-state index in [1.54, 1.807) is 12.1 Å². The van der Waals surface area contributed by atoms with Crippen LogP contribution >= 0.6 is 23.2 Å². The Morgan fingerprint density at radius 3 is 2.13 bits per heavy atom. The predicted octanol–water partition coefficient (Wildman–Crippen LogP) is 2.10. The van der Waals surface area contributed by atoms with Crippen LogP contribution in [0.2, 0.25) is 0 Å². The summed E-state index contributed by atoms with van der Waals surface area (Å²) in [6.07, 6.45) is -1.39. The molecule has 0 heterocycles. The first-order valence-corrected chi connectivity index (χ1v) is 4.91. The van der Waals surface area contributed by atoms with Crippen molar-refractivity contribution in [2.24, 2.45) is 0 Å². The number of carbonyl (C=O) groups is 2. The van der Waals surface area contributed by atoms with E-state index in [-0.39, 0.29) is 6.61 Å². The summed E-state index contributed by atoms with van der Waals surface area (Å²) in [5.74, 6) is 0. The summed E-state index contributed by atoms with van der Waals surface area (Å²) in [5, 5.41) is -1.82. The number of rotatable bonds is 5. The lowest BCUT2D eigenvalue weighted by molar-refractivity contribution is -0.134. The number of carbonyl (C=O) groups excluding carboxylic acids is 2. The minimum Gasteiger partial charge on any atom is -0.355 e. The van der Waals surface area contributed by atoms with Crippen LogP contribution in [0.1, 0.15) is 5.56 Å². The van der Waals surface area contributed by atoms with Gasteiger partial charge in [0.25, 0.3) is 10.5 Å². The van der Waals surface area contributed by atoms with Crippen molar-refractivity contribution in [3.8, 4) is 0 Å². The third-order valence-corrected chi connectivity index (χ3v) is 2.07. The van der Waals surface area contributed by atoms with Crippen molar-refractivity contribution in [1.82, 2.24) is 0 Å². The molecular weight excluding hydrogens is 239 g/mol. The largest absolute Gasteiger partial charge is 0.355 e. The Hall–Kier alpha value is -0.900. The van der Waals surface area contributed by atoms with Gasteiger partial charge in [0.2, 0.25) is 6.10 Å². The average Bonchev–Trinajstić information content (AvgIpc) is 2.18. The first-order chi connectivity index (χ1) is 7.11. The summed E-state index contributed by atoms with van der Waals surface area (Å²) in [4.78, 5) is 21.5. The first-order valence-electron chi connectivity index (χ1n) is 4.15. The molecule has 0 aliphatic carbocycles. The van der Waals surface area contributed by atoms with Gasteiger partial charge in [0, 0.05) is 0 Å². The number of halogens is 2. The molecular formula is C10H8Cl2O3. The van der Waals surface area contributed by atoms with Crippen molar-refractivity contribution in [3.05, 3.63) is 35.9 Å². The average molecular weight is 247 g/mol. The van der Waals surface area contributed by atoms with Crippen LogP contribution in [-0.2, 0) is 20.9 Å². The maximum atomic E-state index is 10.7. The summed E-state index contributed by atoms with van der Waals surface area (Å²) in [6.45, 7) is 0.114. The standard InChI is InChI=1S/C10H8Cl2O3/c11-9(13)8(10(12)14)15-6-7-4-2-1-3-5-7/h1-5,8H,6H2. The van der Waals surface area contributed by atoms with Crippen molar-refractivity contribution in [3.63, 3.8) is 0 Å². The van der Waals surface area contributed by atoms with Crippen LogP contribution in [0.15, 0.2) is 30.3 Å². The van der Waals surface area contributed by atoms with Gasteiger partial charge >= 0.3 is 0 Å². The zero-order valence-electron chi connectivity index (χ0n) is 7.65. The molecule has 0 bridgehead atoms. The third-order valence-electron chi connectivity index (χ3n) is 1.67. The molecule has 1 rings (SSSR count). The van der Waals surface area contributed by atoms with E-state index in [4.69, 9.17) is 27.9 Å². The Labute approximate surface area is 96.9 Å². The molecule has 0 aliphatic rings. The van der Waals surface area contributed by atoms with E-state index in [2.05, 4.69) is 0 Å². The van der Waals surface area contributed by atoms with Gasteiger partial charge < -0.3 is 4.74 Å². The Balaban J connectivity index is 2.55. The second kappa shape index (κ2) is 5.85. The number of hydrogen-bond acceptors (Lipinski definition) is 3. The van der Waals surface area contributed by atoms with E-state index >= 15 is 0 Å². The molecule has 0 aliphatic heterocycles. The highest BCUT2D eigenvalue weighted by atomic mass is 35.5. The summed E-state index contributed by atoms with van der Waals surface area (Å²) in [7, 11) is 0. The van der Waals surface area contributed by atoms with E-state index in [0.29, 0.717) is 0 Å². The number of hydrogen-bond donors (Lipinski definition) is 0. The van der Waals surface area contributed by atoms with E-state index in [1.165, 1.54) is 0 Å². The van der Waals surface area contributed by atoms with Gasteiger partial charge in [-0.3, -0.25) is 9.59 Å². The summed E-state index contributed by atoms with van der Waals surface area (Å²) < 4.78 is 4.99. The van der Waals surface area contributed by atoms with E-state index in [1.807, 2.05) is 18.2 Å². The zero-order chi connectivity index (χ0) is 11.3. The molecule has 0 aromatic heterocycles. The summed E-state index contributed by atoms with van der Waals surface area (Å²) >= 11 is 10.3. The molecule has 1 aromatic rings. The van der Waals surface area contributed by atoms with Gasteiger partial charge in [0.15, 0.2) is 0 Å². The molecule has 0 N–H and O–H groups in total. The van der Waals surface area contributed by atoms with Crippen molar-refractivity contribution >= 4 is 33.7 Å². The van der Waals surface area contributed by atoms with Crippen LogP contribution in [0.4, 0.5) is 0 Å². The highest BCUT2D eigenvalue weighted by molar-refractivity contribution is 6.74. The molecule has 3 nitrogen and oxygen atoms in total. The lowest BCUT2D eigenvalue weighted by atomic mass is 10.2. The van der Waals surface area contributed by atoms with E-state index in [0.717, 1.165) is 5.56 Å². The Morgan fingerprint density at radius 2 is 1.67 bits per heavy atom. The molecule has 0 amide bonds. The van der Waals surface area contributed by atoms with Gasteiger partial charge in [0.1, 0.15) is 0 Å². The Bertz CT molecular complexity index is 337. The normalized spacial score (nSPS) is 10.3. The molecule has 0 radical (unpaired) electrons. The SMILES string of the molecule is O=C(Cl)C(OCc1ccccc1)C(=O)Cl. The summed E-state index contributed by atoms with van der Waals surface area (Å²) in [5.41, 5.74) is 0.832. The first kappa shape index (κ1) is 12.2. The molecule has 80 valence electrons. The molecule has 0 fully saturated rings. The highest BCUT2D eigenvalue weighted by Crippen LogP contribution is 2.08. The molecule has 0 spiro atoms. The highest BCUT2D eigenvalue weighted by Gasteiger charge is 2.23. The number of benzene rings is 1. The fourth-order valence-corrected chi connectivity index (χ4v) is 1.35. The molecule has 0 unspecified atom stereocenters. The summed E-state index contributed by atoms with van der Waals surface area (Å²) in [6, 6.07) is 9.08. The second-order valence-corrected chi connectivity index (χ2v) is 3.53. The molecule has 5 heteroatoms. The van der Waals surface area contributed by atoms with E-state index < -0.39 is 16.6 Å². The van der Waals surface area contributed by atoms with E-state index in [9.17, 15) is 9.59 Å². The Kier molecular flexibility index (Phi) is 4.75. The quantitative estimate of drug-likeness (QED) is 0.591. The van der Waals surface area contributed by atoms with Crippen LogP contribution in [0.25, 0.3) is 0 Å². The topological polar surface area (TPSA) is 43.4 Å². The van der Waals surface area contributed by atoms with Crippen molar-refractivity contribution in [2.75, 3.05) is 0 Å². The van der Waals surface area contributed by atoms with Crippen LogP contribution in [0, 0.1) is 0 Å². The van der Waals surface area contributed by atoms with Gasteiger partial charge in [-0.15, -0.1) is 0 Å². The third kappa shape index (κ3) is 4.00. The van der Waals surface area contributed by atoms with Gasteiger partial charge in [-0.1, -0.05) is 30.3 Å². The minimum absolute atomic E-state index is 0.114. The van der Waals surface area contributed by atoms with Crippen molar-refractivity contribution in [2.45, 2.75) is 12.7 Å². The van der Waals surface area contributed by atoms with Gasteiger partial charge in [-0.25, -0.2) is 0 Å². The Morgan fingerprint density at radius 1 is 1.13 bits per heavy atom. The fourth-order valence-electron chi connectivity index (χ4n) is 0.974. The smallest absolute Gasteiger partial charge is 0.259 e. The molecule has 0 saturated heterocycles. The predicted molar refractivity (Wildman–Crippen MR) is 56.7 cm³/mol. The van der Waals surface area contributed by atoms with Crippen LogP contribution in [0.5, 0.6) is 0 Å². The maximum absolute atomic E-state index is 10.7. The molecule has 1 aromatic carbocycles. The zero-order valence-corrected chi connectivity index (χ0v) is 9.16. The lowest BCUT2D eigenvalue weighted by Crippen LogP contribution is -2.26. The van der Waals surface area contributed by atoms with Gasteiger partial charge in [0.05, 0.1) is 6.61 Å². The fraction of sp³-hybridized carbons (Fsp3) is 0.200. The molecule has 0 atom stereocenters. The number of ether oxygens (including phenoxy) is 1. The van der Waals surface area contributed by atoms with Crippen molar-refractivity contribution in [1.29, 1.82) is 0 Å². The van der Waals surface area contributed by atoms with Crippen LogP contribution in [-0.4, -0.2) is 16.6 Å². The monoisotopic (exact) mass is 246 g/mol. The molecule has 0 saturated carbocycles. The van der Waals surface area contributed by atoms with Gasteiger partial charge in [-0.2, -0.15) is 0 Å². The lowest BCUT2D eigenvalue weighted by Gasteiger charge is -2.08.